The van der Waals surface area contributed by atoms with Gasteiger partial charge in [0.15, 0.2) is 0 Å². The highest BCUT2D eigenvalue weighted by Gasteiger charge is 2.12. The van der Waals surface area contributed by atoms with Crippen molar-refractivity contribution in [3.05, 3.63) is 16.9 Å². The fraction of sp³-hybridized carbons (Fsp3) is 0.727. The predicted molar refractivity (Wildman–Crippen MR) is 64.3 cm³/mol. The molecule has 0 aliphatic rings. The van der Waals surface area contributed by atoms with Gasteiger partial charge in [-0.3, -0.25) is 4.68 Å². The molecule has 0 unspecified atom stereocenters. The second-order valence-corrected chi connectivity index (χ2v) is 4.90. The van der Waals surface area contributed by atoms with Gasteiger partial charge in [0.05, 0.1) is 17.3 Å². The van der Waals surface area contributed by atoms with Crippen LogP contribution in [0.25, 0.3) is 0 Å². The highest BCUT2D eigenvalue weighted by atomic mass is 35.5. The molecule has 0 spiro atoms. The average molecular weight is 230 g/mol. The van der Waals surface area contributed by atoms with Gasteiger partial charge in [-0.2, -0.15) is 5.10 Å². The first-order chi connectivity index (χ1) is 6.94. The van der Waals surface area contributed by atoms with Gasteiger partial charge < -0.3 is 5.32 Å². The van der Waals surface area contributed by atoms with Crippen LogP contribution in [0.4, 0.5) is 0 Å². The zero-order chi connectivity index (χ0) is 11.5. The average Bonchev–Trinajstić information content (AvgIpc) is 2.46. The van der Waals surface area contributed by atoms with Crippen molar-refractivity contribution in [3.8, 4) is 0 Å². The first kappa shape index (κ1) is 12.5. The van der Waals surface area contributed by atoms with E-state index in [1.165, 1.54) is 0 Å². The zero-order valence-corrected chi connectivity index (χ0v) is 10.7. The van der Waals surface area contributed by atoms with E-state index in [0.717, 1.165) is 30.2 Å². The van der Waals surface area contributed by atoms with Crippen LogP contribution in [0.15, 0.2) is 6.20 Å². The number of rotatable bonds is 5. The van der Waals surface area contributed by atoms with Crippen molar-refractivity contribution >= 4 is 11.6 Å². The summed E-state index contributed by atoms with van der Waals surface area (Å²) in [5, 5.41) is 8.52. The summed E-state index contributed by atoms with van der Waals surface area (Å²) in [5.74, 6) is 0. The molecule has 0 atom stereocenters. The number of aromatic nitrogens is 2. The highest BCUT2D eigenvalue weighted by Crippen LogP contribution is 2.12. The van der Waals surface area contributed by atoms with Gasteiger partial charge in [0.2, 0.25) is 0 Å². The van der Waals surface area contributed by atoms with Crippen molar-refractivity contribution in [1.82, 2.24) is 15.1 Å². The molecule has 86 valence electrons. The maximum atomic E-state index is 5.92. The molecule has 4 heteroatoms. The monoisotopic (exact) mass is 229 g/mol. The first-order valence-corrected chi connectivity index (χ1v) is 5.77. The lowest BCUT2D eigenvalue weighted by Crippen LogP contribution is -2.40. The van der Waals surface area contributed by atoms with E-state index < -0.39 is 0 Å². The Labute approximate surface area is 96.8 Å². The molecule has 0 bridgehead atoms. The van der Waals surface area contributed by atoms with E-state index >= 15 is 0 Å². The second kappa shape index (κ2) is 4.99. The molecular weight excluding hydrogens is 210 g/mol. The van der Waals surface area contributed by atoms with Crippen LogP contribution >= 0.6 is 11.6 Å². The predicted octanol–water partition coefficient (Wildman–Crippen LogP) is 2.62. The summed E-state index contributed by atoms with van der Waals surface area (Å²) < 4.78 is 1.89. The van der Waals surface area contributed by atoms with Crippen LogP contribution in [0.2, 0.25) is 5.02 Å². The Morgan fingerprint density at radius 1 is 1.53 bits per heavy atom. The summed E-state index contributed by atoms with van der Waals surface area (Å²) >= 11 is 5.92. The lowest BCUT2D eigenvalue weighted by Gasteiger charge is -2.24. The van der Waals surface area contributed by atoms with E-state index in [9.17, 15) is 0 Å². The quantitative estimate of drug-likeness (QED) is 0.841. The topological polar surface area (TPSA) is 29.9 Å². The van der Waals surface area contributed by atoms with E-state index in [1.807, 2.05) is 17.8 Å². The molecule has 0 aromatic carbocycles. The van der Waals surface area contributed by atoms with E-state index in [1.54, 1.807) is 0 Å². The van der Waals surface area contributed by atoms with Crippen LogP contribution in [-0.2, 0) is 6.54 Å². The van der Waals surface area contributed by atoms with E-state index in [2.05, 4.69) is 31.2 Å². The van der Waals surface area contributed by atoms with Gasteiger partial charge >= 0.3 is 0 Å². The summed E-state index contributed by atoms with van der Waals surface area (Å²) in [6.45, 7) is 10.3. The third-order valence-electron chi connectivity index (χ3n) is 2.71. The summed E-state index contributed by atoms with van der Waals surface area (Å²) in [6, 6.07) is 0. The van der Waals surface area contributed by atoms with Crippen LogP contribution in [0.5, 0.6) is 0 Å². The Kier molecular flexibility index (Phi) is 4.17. The normalized spacial score (nSPS) is 12.1. The molecule has 15 heavy (non-hydrogen) atoms. The van der Waals surface area contributed by atoms with Gasteiger partial charge in [-0.25, -0.2) is 0 Å². The number of aryl methyl sites for hydroxylation is 1. The fourth-order valence-corrected chi connectivity index (χ4v) is 1.39. The van der Waals surface area contributed by atoms with E-state index in [0.29, 0.717) is 0 Å². The lowest BCUT2D eigenvalue weighted by molar-refractivity contribution is 0.363. The summed E-state index contributed by atoms with van der Waals surface area (Å²) in [5.41, 5.74) is 1.10. The minimum atomic E-state index is 0.200. The molecule has 3 nitrogen and oxygen atoms in total. The lowest BCUT2D eigenvalue weighted by atomic mass is 10.0. The van der Waals surface area contributed by atoms with Crippen LogP contribution in [-0.4, -0.2) is 21.9 Å². The van der Waals surface area contributed by atoms with Gasteiger partial charge in [0, 0.05) is 18.3 Å². The van der Waals surface area contributed by atoms with Crippen molar-refractivity contribution in [2.45, 2.75) is 46.2 Å². The van der Waals surface area contributed by atoms with Gasteiger partial charge in [0.25, 0.3) is 0 Å². The molecule has 1 N–H and O–H groups in total. The van der Waals surface area contributed by atoms with Crippen molar-refractivity contribution < 1.29 is 0 Å². The largest absolute Gasteiger partial charge is 0.310 e. The Balaban J connectivity index is 2.38. The Hall–Kier alpha value is -0.540. The minimum absolute atomic E-state index is 0.200. The standard InChI is InChI=1S/C11H20ClN3/c1-5-11(3,4)13-6-7-15-8-10(12)9(2)14-15/h8,13H,5-7H2,1-4H3. The molecule has 1 aromatic rings. The number of nitrogens with zero attached hydrogens (tertiary/aromatic N) is 2. The molecule has 0 radical (unpaired) electrons. The van der Waals surface area contributed by atoms with E-state index in [-0.39, 0.29) is 5.54 Å². The van der Waals surface area contributed by atoms with Gasteiger partial charge in [-0.1, -0.05) is 18.5 Å². The Bertz CT molecular complexity index is 298. The number of hydrogen-bond acceptors (Lipinski definition) is 2. The third kappa shape index (κ3) is 3.84. The molecule has 0 amide bonds. The zero-order valence-electron chi connectivity index (χ0n) is 9.97. The van der Waals surface area contributed by atoms with Crippen LogP contribution in [0, 0.1) is 6.92 Å². The molecule has 0 aliphatic carbocycles. The SMILES string of the molecule is CCC(C)(C)NCCn1cc(Cl)c(C)n1. The number of nitrogens with one attached hydrogen (secondary N) is 1. The van der Waals surface area contributed by atoms with Crippen LogP contribution in [0.3, 0.4) is 0 Å². The second-order valence-electron chi connectivity index (χ2n) is 4.49. The van der Waals surface area contributed by atoms with Crippen LogP contribution < -0.4 is 5.32 Å². The molecule has 0 aliphatic heterocycles. The molecule has 0 saturated carbocycles. The Morgan fingerprint density at radius 3 is 2.67 bits per heavy atom. The van der Waals surface area contributed by atoms with Crippen molar-refractivity contribution in [2.24, 2.45) is 0 Å². The number of hydrogen-bond donors (Lipinski definition) is 1. The Morgan fingerprint density at radius 2 is 2.20 bits per heavy atom. The van der Waals surface area contributed by atoms with Crippen LogP contribution in [0.1, 0.15) is 32.9 Å². The molecule has 1 aromatic heterocycles. The van der Waals surface area contributed by atoms with E-state index in [4.69, 9.17) is 11.6 Å². The maximum Gasteiger partial charge on any atom is 0.0814 e. The van der Waals surface area contributed by atoms with Gasteiger partial charge in [-0.05, 0) is 27.2 Å². The molecule has 1 rings (SSSR count). The fourth-order valence-electron chi connectivity index (χ4n) is 1.24. The highest BCUT2D eigenvalue weighted by molar-refractivity contribution is 6.31. The molecule has 1 heterocycles. The van der Waals surface area contributed by atoms with Gasteiger partial charge in [0.1, 0.15) is 0 Å². The van der Waals surface area contributed by atoms with Gasteiger partial charge in [-0.15, -0.1) is 0 Å². The third-order valence-corrected chi connectivity index (χ3v) is 3.09. The summed E-state index contributed by atoms with van der Waals surface area (Å²) in [4.78, 5) is 0. The smallest absolute Gasteiger partial charge is 0.0814 e. The maximum absolute atomic E-state index is 5.92. The first-order valence-electron chi connectivity index (χ1n) is 5.39. The van der Waals surface area contributed by atoms with Crippen molar-refractivity contribution in [3.63, 3.8) is 0 Å². The van der Waals surface area contributed by atoms with Crippen molar-refractivity contribution in [2.75, 3.05) is 6.54 Å². The molecule has 0 fully saturated rings. The number of halogens is 1. The molecule has 0 saturated heterocycles. The summed E-state index contributed by atoms with van der Waals surface area (Å²) in [6.07, 6.45) is 2.99. The molecular formula is C11H20ClN3. The summed E-state index contributed by atoms with van der Waals surface area (Å²) in [7, 11) is 0. The van der Waals surface area contributed by atoms with Crippen molar-refractivity contribution in [1.29, 1.82) is 0 Å². The minimum Gasteiger partial charge on any atom is -0.310 e.